The SMILES string of the molecule is Cc1cc(F)cc2c(=O)[nH]c(CCC(=O)N3CCN(c4cc(C#N)ccc4F)CC3)cc12. The van der Waals surface area contributed by atoms with Gasteiger partial charge in [0.15, 0.2) is 0 Å². The van der Waals surface area contributed by atoms with Gasteiger partial charge in [0.1, 0.15) is 11.6 Å². The molecule has 164 valence electrons. The first-order chi connectivity index (χ1) is 15.4. The van der Waals surface area contributed by atoms with E-state index in [0.717, 1.165) is 0 Å². The number of piperazine rings is 1. The van der Waals surface area contributed by atoms with Crippen LogP contribution in [0.1, 0.15) is 23.2 Å². The van der Waals surface area contributed by atoms with Gasteiger partial charge < -0.3 is 14.8 Å². The Morgan fingerprint density at radius 2 is 1.84 bits per heavy atom. The molecule has 0 aliphatic carbocycles. The molecule has 1 saturated heterocycles. The van der Waals surface area contributed by atoms with Crippen molar-refractivity contribution in [2.45, 2.75) is 19.8 Å². The predicted octanol–water partition coefficient (Wildman–Crippen LogP) is 3.27. The van der Waals surface area contributed by atoms with E-state index in [2.05, 4.69) is 4.98 Å². The fourth-order valence-electron chi connectivity index (χ4n) is 4.11. The normalized spacial score (nSPS) is 13.9. The fourth-order valence-corrected chi connectivity index (χ4v) is 4.11. The number of halogens is 2. The summed E-state index contributed by atoms with van der Waals surface area (Å²) in [5, 5.41) is 10.0. The van der Waals surface area contributed by atoms with Crippen molar-refractivity contribution in [1.29, 1.82) is 5.26 Å². The molecule has 1 amide bonds. The highest BCUT2D eigenvalue weighted by molar-refractivity contribution is 5.85. The fraction of sp³-hybridized carbons (Fsp3) is 0.292. The summed E-state index contributed by atoms with van der Waals surface area (Å²) in [5.74, 6) is -0.895. The smallest absolute Gasteiger partial charge is 0.256 e. The van der Waals surface area contributed by atoms with Crippen LogP contribution in [-0.4, -0.2) is 42.0 Å². The summed E-state index contributed by atoms with van der Waals surface area (Å²) in [4.78, 5) is 31.3. The number of aromatic amines is 1. The average molecular weight is 436 g/mol. The standard InChI is InChI=1S/C24H22F2N4O2/c1-15-10-17(25)12-20-19(15)13-18(28-24(20)32)3-5-23(31)30-8-6-29(7-9-30)22-11-16(14-27)2-4-21(22)26/h2,4,10-13H,3,5-9H2,1H3,(H,28,32). The van der Waals surface area contributed by atoms with Gasteiger partial charge in [0.05, 0.1) is 22.7 Å². The molecule has 2 heterocycles. The molecule has 4 rings (SSSR count). The summed E-state index contributed by atoms with van der Waals surface area (Å²) < 4.78 is 27.8. The van der Waals surface area contributed by atoms with Crippen molar-refractivity contribution in [3.05, 3.63) is 75.2 Å². The first-order valence-corrected chi connectivity index (χ1v) is 10.4. The summed E-state index contributed by atoms with van der Waals surface area (Å²) in [5.41, 5.74) is 1.68. The number of nitrogens with one attached hydrogen (secondary N) is 1. The number of fused-ring (bicyclic) bond motifs is 1. The Hall–Kier alpha value is -3.73. The van der Waals surface area contributed by atoms with Gasteiger partial charge in [-0.05, 0) is 60.7 Å². The molecule has 0 unspecified atom stereocenters. The number of amides is 1. The van der Waals surface area contributed by atoms with Crippen LogP contribution in [0.5, 0.6) is 0 Å². The molecule has 2 aromatic carbocycles. The van der Waals surface area contributed by atoms with E-state index >= 15 is 0 Å². The van der Waals surface area contributed by atoms with E-state index in [0.29, 0.717) is 65.9 Å². The molecule has 1 fully saturated rings. The minimum absolute atomic E-state index is 0.0485. The molecule has 1 aliphatic rings. The van der Waals surface area contributed by atoms with Crippen molar-refractivity contribution in [2.75, 3.05) is 31.1 Å². The molecular weight excluding hydrogens is 414 g/mol. The average Bonchev–Trinajstić information content (AvgIpc) is 2.78. The lowest BCUT2D eigenvalue weighted by molar-refractivity contribution is -0.131. The van der Waals surface area contributed by atoms with E-state index in [4.69, 9.17) is 5.26 Å². The number of aromatic nitrogens is 1. The van der Waals surface area contributed by atoms with E-state index in [1.54, 1.807) is 17.9 Å². The molecule has 0 bridgehead atoms. The number of nitrogens with zero attached hydrogens (tertiary/aromatic N) is 3. The van der Waals surface area contributed by atoms with Crippen LogP contribution in [0.2, 0.25) is 0 Å². The molecule has 0 spiro atoms. The molecule has 1 aliphatic heterocycles. The second-order valence-corrected chi connectivity index (χ2v) is 7.95. The third-order valence-electron chi connectivity index (χ3n) is 5.85. The molecule has 0 atom stereocenters. The first-order valence-electron chi connectivity index (χ1n) is 10.4. The van der Waals surface area contributed by atoms with Gasteiger partial charge in [0, 0.05) is 38.3 Å². The zero-order chi connectivity index (χ0) is 22.8. The van der Waals surface area contributed by atoms with Crippen LogP contribution < -0.4 is 10.5 Å². The molecule has 3 aromatic rings. The Kier molecular flexibility index (Phi) is 5.91. The van der Waals surface area contributed by atoms with Crippen LogP contribution in [0.4, 0.5) is 14.5 Å². The highest BCUT2D eigenvalue weighted by atomic mass is 19.1. The maximum absolute atomic E-state index is 14.2. The Bertz CT molecular complexity index is 1290. The van der Waals surface area contributed by atoms with E-state index in [1.807, 2.05) is 11.0 Å². The van der Waals surface area contributed by atoms with Gasteiger partial charge in [-0.15, -0.1) is 0 Å². The van der Waals surface area contributed by atoms with Crippen molar-refractivity contribution in [3.63, 3.8) is 0 Å². The van der Waals surface area contributed by atoms with E-state index in [1.165, 1.54) is 30.3 Å². The number of hydrogen-bond donors (Lipinski definition) is 1. The summed E-state index contributed by atoms with van der Waals surface area (Å²) >= 11 is 0. The van der Waals surface area contributed by atoms with Crippen LogP contribution in [-0.2, 0) is 11.2 Å². The molecule has 1 aromatic heterocycles. The second-order valence-electron chi connectivity index (χ2n) is 7.95. The quantitative estimate of drug-likeness (QED) is 0.681. The maximum Gasteiger partial charge on any atom is 0.256 e. The van der Waals surface area contributed by atoms with Crippen LogP contribution in [0, 0.1) is 29.9 Å². The Labute approximate surface area is 183 Å². The Morgan fingerprint density at radius 3 is 2.56 bits per heavy atom. The first kappa shape index (κ1) is 21.5. The minimum Gasteiger partial charge on any atom is -0.366 e. The van der Waals surface area contributed by atoms with Gasteiger partial charge in [-0.25, -0.2) is 8.78 Å². The van der Waals surface area contributed by atoms with Gasteiger partial charge >= 0.3 is 0 Å². The van der Waals surface area contributed by atoms with Gasteiger partial charge in [-0.1, -0.05) is 0 Å². The molecule has 6 nitrogen and oxygen atoms in total. The number of H-pyrrole nitrogens is 1. The number of carbonyl (C=O) groups is 1. The number of pyridine rings is 1. The topological polar surface area (TPSA) is 80.2 Å². The number of nitriles is 1. The summed E-state index contributed by atoms with van der Waals surface area (Å²) in [7, 11) is 0. The van der Waals surface area contributed by atoms with Gasteiger partial charge in [0.25, 0.3) is 5.56 Å². The van der Waals surface area contributed by atoms with Crippen LogP contribution in [0.25, 0.3) is 10.8 Å². The van der Waals surface area contributed by atoms with Crippen molar-refractivity contribution in [2.24, 2.45) is 0 Å². The van der Waals surface area contributed by atoms with Crippen LogP contribution >= 0.6 is 0 Å². The van der Waals surface area contributed by atoms with Crippen molar-refractivity contribution in [3.8, 4) is 6.07 Å². The zero-order valence-corrected chi connectivity index (χ0v) is 17.6. The molecule has 8 heteroatoms. The molecule has 32 heavy (non-hydrogen) atoms. The van der Waals surface area contributed by atoms with Crippen molar-refractivity contribution < 1.29 is 13.6 Å². The number of aryl methyl sites for hydroxylation is 2. The van der Waals surface area contributed by atoms with E-state index in [9.17, 15) is 18.4 Å². The number of benzene rings is 2. The second kappa shape index (κ2) is 8.79. The van der Waals surface area contributed by atoms with Crippen molar-refractivity contribution in [1.82, 2.24) is 9.88 Å². The Morgan fingerprint density at radius 1 is 1.09 bits per heavy atom. The summed E-state index contributed by atoms with van der Waals surface area (Å²) in [6.45, 7) is 3.57. The van der Waals surface area contributed by atoms with Gasteiger partial charge in [-0.3, -0.25) is 9.59 Å². The lowest BCUT2D eigenvalue weighted by Crippen LogP contribution is -2.49. The lowest BCUT2D eigenvalue weighted by atomic mass is 10.0. The number of carbonyl (C=O) groups excluding carboxylic acids is 1. The molecule has 0 saturated carbocycles. The number of hydrogen-bond acceptors (Lipinski definition) is 4. The largest absolute Gasteiger partial charge is 0.366 e. The van der Waals surface area contributed by atoms with Gasteiger partial charge in [0.2, 0.25) is 5.91 Å². The third-order valence-corrected chi connectivity index (χ3v) is 5.85. The molecule has 1 N–H and O–H groups in total. The van der Waals surface area contributed by atoms with Crippen LogP contribution in [0.15, 0.2) is 41.2 Å². The number of anilines is 1. The highest BCUT2D eigenvalue weighted by Gasteiger charge is 2.23. The zero-order valence-electron chi connectivity index (χ0n) is 17.6. The number of rotatable bonds is 4. The van der Waals surface area contributed by atoms with Crippen LogP contribution in [0.3, 0.4) is 0 Å². The van der Waals surface area contributed by atoms with E-state index in [-0.39, 0.29) is 23.7 Å². The Balaban J connectivity index is 1.39. The molecule has 0 radical (unpaired) electrons. The maximum atomic E-state index is 14.2. The highest BCUT2D eigenvalue weighted by Crippen LogP contribution is 2.23. The minimum atomic E-state index is -0.457. The van der Waals surface area contributed by atoms with Gasteiger partial charge in [-0.2, -0.15) is 5.26 Å². The summed E-state index contributed by atoms with van der Waals surface area (Å²) in [6.07, 6.45) is 0.583. The summed E-state index contributed by atoms with van der Waals surface area (Å²) in [6, 6.07) is 10.6. The molecular formula is C24H22F2N4O2. The van der Waals surface area contributed by atoms with Crippen molar-refractivity contribution >= 4 is 22.4 Å². The monoisotopic (exact) mass is 436 g/mol. The lowest BCUT2D eigenvalue weighted by Gasteiger charge is -2.36. The third kappa shape index (κ3) is 4.33. The van der Waals surface area contributed by atoms with E-state index < -0.39 is 5.82 Å². The predicted molar refractivity (Wildman–Crippen MR) is 117 cm³/mol.